The Morgan fingerprint density at radius 3 is 3.05 bits per heavy atom. The maximum atomic E-state index is 9.05. The highest BCUT2D eigenvalue weighted by Crippen LogP contribution is 2.25. The van der Waals surface area contributed by atoms with E-state index < -0.39 is 0 Å². The summed E-state index contributed by atoms with van der Waals surface area (Å²) in [6.45, 7) is 3.12. The van der Waals surface area contributed by atoms with Gasteiger partial charge in [-0.3, -0.25) is 0 Å². The van der Waals surface area contributed by atoms with Crippen LogP contribution in [0.4, 0.5) is 0 Å². The number of ether oxygens (including phenoxy) is 1. The van der Waals surface area contributed by atoms with Crippen molar-refractivity contribution in [3.05, 3.63) is 40.9 Å². The molecular weight excluding hydrogens is 264 g/mol. The predicted octanol–water partition coefficient (Wildman–Crippen LogP) is 2.79. The fraction of sp³-hybridized carbons (Fsp3) is 0.308. The van der Waals surface area contributed by atoms with Gasteiger partial charge >= 0.3 is 0 Å². The van der Waals surface area contributed by atoms with E-state index in [0.29, 0.717) is 16.3 Å². The lowest BCUT2D eigenvalue weighted by atomic mass is 10.2. The second-order valence-corrected chi connectivity index (χ2v) is 4.32. The molecule has 5 nitrogen and oxygen atoms in total. The molecule has 0 radical (unpaired) electrons. The lowest BCUT2D eigenvalue weighted by Gasteiger charge is -2.09. The molecule has 2 aromatic rings. The third kappa shape index (κ3) is 3.04. The molecule has 0 aliphatic carbocycles. The standard InChI is InChI=1S/C13H13ClN4O/c1-2-6-18-13(16-9-17-18)8-19-12-5-3-4-11(14)10(12)7-15/h3-5,9H,2,6,8H2,1H3. The van der Waals surface area contributed by atoms with Crippen LogP contribution in [0.5, 0.6) is 5.75 Å². The van der Waals surface area contributed by atoms with Crippen molar-refractivity contribution in [2.75, 3.05) is 0 Å². The number of aryl methyl sites for hydroxylation is 1. The Morgan fingerprint density at radius 2 is 2.32 bits per heavy atom. The van der Waals surface area contributed by atoms with Crippen molar-refractivity contribution in [2.24, 2.45) is 0 Å². The Hall–Kier alpha value is -2.06. The minimum absolute atomic E-state index is 0.259. The Labute approximate surface area is 116 Å². The SMILES string of the molecule is CCCn1ncnc1COc1cccc(Cl)c1C#N. The van der Waals surface area contributed by atoms with E-state index in [1.54, 1.807) is 22.9 Å². The van der Waals surface area contributed by atoms with Crippen molar-refractivity contribution in [3.8, 4) is 11.8 Å². The maximum absolute atomic E-state index is 9.05. The molecule has 0 bridgehead atoms. The van der Waals surface area contributed by atoms with Gasteiger partial charge in [0.25, 0.3) is 0 Å². The molecule has 0 N–H and O–H groups in total. The number of nitrogens with zero attached hydrogens (tertiary/aromatic N) is 4. The van der Waals surface area contributed by atoms with Gasteiger partial charge in [0, 0.05) is 6.54 Å². The molecule has 19 heavy (non-hydrogen) atoms. The van der Waals surface area contributed by atoms with Crippen LogP contribution in [-0.2, 0) is 13.2 Å². The molecule has 0 atom stereocenters. The van der Waals surface area contributed by atoms with Crippen molar-refractivity contribution in [1.29, 1.82) is 5.26 Å². The van der Waals surface area contributed by atoms with Crippen LogP contribution in [0.1, 0.15) is 24.7 Å². The monoisotopic (exact) mass is 276 g/mol. The first kappa shape index (κ1) is 13.4. The van der Waals surface area contributed by atoms with Crippen LogP contribution in [0.25, 0.3) is 0 Å². The van der Waals surface area contributed by atoms with E-state index in [4.69, 9.17) is 21.6 Å². The average molecular weight is 277 g/mol. The topological polar surface area (TPSA) is 63.7 Å². The molecule has 98 valence electrons. The summed E-state index contributed by atoms with van der Waals surface area (Å²) in [6, 6.07) is 7.15. The quantitative estimate of drug-likeness (QED) is 0.842. The Morgan fingerprint density at radius 1 is 1.47 bits per heavy atom. The number of rotatable bonds is 5. The van der Waals surface area contributed by atoms with Crippen molar-refractivity contribution >= 4 is 11.6 Å². The summed E-state index contributed by atoms with van der Waals surface area (Å²) in [5.41, 5.74) is 0.339. The van der Waals surface area contributed by atoms with Crippen molar-refractivity contribution in [3.63, 3.8) is 0 Å². The second-order valence-electron chi connectivity index (χ2n) is 3.91. The van der Waals surface area contributed by atoms with Gasteiger partial charge < -0.3 is 4.74 Å². The van der Waals surface area contributed by atoms with Gasteiger partial charge in [-0.25, -0.2) is 9.67 Å². The normalized spacial score (nSPS) is 10.2. The first-order valence-corrected chi connectivity index (χ1v) is 6.32. The molecule has 0 spiro atoms. The smallest absolute Gasteiger partial charge is 0.164 e. The Bertz CT molecular complexity index is 603. The molecule has 1 aromatic heterocycles. The van der Waals surface area contributed by atoms with Crippen molar-refractivity contribution < 1.29 is 4.74 Å². The van der Waals surface area contributed by atoms with Crippen LogP contribution in [-0.4, -0.2) is 14.8 Å². The molecular formula is C13H13ClN4O. The van der Waals surface area contributed by atoms with E-state index in [2.05, 4.69) is 17.0 Å². The van der Waals surface area contributed by atoms with Gasteiger partial charge in [0.1, 0.15) is 30.3 Å². The Balaban J connectivity index is 2.13. The van der Waals surface area contributed by atoms with Crippen LogP contribution in [0, 0.1) is 11.3 Å². The van der Waals surface area contributed by atoms with E-state index in [-0.39, 0.29) is 6.61 Å². The zero-order valence-electron chi connectivity index (χ0n) is 10.5. The van der Waals surface area contributed by atoms with Crippen LogP contribution >= 0.6 is 11.6 Å². The lowest BCUT2D eigenvalue weighted by molar-refractivity contribution is 0.285. The van der Waals surface area contributed by atoms with Crippen LogP contribution in [0.3, 0.4) is 0 Å². The zero-order chi connectivity index (χ0) is 13.7. The van der Waals surface area contributed by atoms with Gasteiger partial charge in [-0.05, 0) is 18.6 Å². The number of nitriles is 1. The molecule has 1 aromatic carbocycles. The number of halogens is 1. The molecule has 6 heteroatoms. The zero-order valence-corrected chi connectivity index (χ0v) is 11.3. The number of aromatic nitrogens is 3. The Kier molecular flexibility index (Phi) is 4.37. The fourth-order valence-corrected chi connectivity index (χ4v) is 1.88. The fourth-order valence-electron chi connectivity index (χ4n) is 1.67. The minimum Gasteiger partial charge on any atom is -0.484 e. The summed E-state index contributed by atoms with van der Waals surface area (Å²) in [5, 5.41) is 13.5. The van der Waals surface area contributed by atoms with Gasteiger partial charge in [0.15, 0.2) is 5.82 Å². The maximum Gasteiger partial charge on any atom is 0.164 e. The lowest BCUT2D eigenvalue weighted by Crippen LogP contribution is -2.09. The van der Waals surface area contributed by atoms with E-state index >= 15 is 0 Å². The summed E-state index contributed by atoms with van der Waals surface area (Å²) in [5.74, 6) is 1.19. The minimum atomic E-state index is 0.259. The molecule has 0 aliphatic rings. The third-order valence-corrected chi connectivity index (χ3v) is 2.89. The van der Waals surface area contributed by atoms with Gasteiger partial charge in [-0.1, -0.05) is 24.6 Å². The van der Waals surface area contributed by atoms with Crippen molar-refractivity contribution in [2.45, 2.75) is 26.5 Å². The van der Waals surface area contributed by atoms with Crippen LogP contribution < -0.4 is 4.74 Å². The predicted molar refractivity (Wildman–Crippen MR) is 70.8 cm³/mol. The summed E-state index contributed by atoms with van der Waals surface area (Å²) in [4.78, 5) is 4.14. The van der Waals surface area contributed by atoms with Gasteiger partial charge in [-0.2, -0.15) is 10.4 Å². The third-order valence-electron chi connectivity index (χ3n) is 2.58. The van der Waals surface area contributed by atoms with E-state index in [1.165, 1.54) is 6.33 Å². The average Bonchev–Trinajstić information content (AvgIpc) is 2.84. The molecule has 2 rings (SSSR count). The van der Waals surface area contributed by atoms with Crippen molar-refractivity contribution in [1.82, 2.24) is 14.8 Å². The first-order valence-electron chi connectivity index (χ1n) is 5.94. The van der Waals surface area contributed by atoms with Gasteiger partial charge in [-0.15, -0.1) is 0 Å². The highest BCUT2D eigenvalue weighted by molar-refractivity contribution is 6.31. The van der Waals surface area contributed by atoms with Gasteiger partial charge in [0.2, 0.25) is 0 Å². The van der Waals surface area contributed by atoms with E-state index in [1.807, 2.05) is 6.07 Å². The largest absolute Gasteiger partial charge is 0.484 e. The molecule has 0 unspecified atom stereocenters. The highest BCUT2D eigenvalue weighted by Gasteiger charge is 2.09. The molecule has 0 saturated heterocycles. The molecule has 1 heterocycles. The second kappa shape index (κ2) is 6.21. The summed E-state index contributed by atoms with van der Waals surface area (Å²) in [6.07, 6.45) is 2.47. The number of hydrogen-bond donors (Lipinski definition) is 0. The molecule has 0 amide bonds. The number of hydrogen-bond acceptors (Lipinski definition) is 4. The summed E-state index contributed by atoms with van der Waals surface area (Å²) in [7, 11) is 0. The van der Waals surface area contributed by atoms with Crippen LogP contribution in [0.2, 0.25) is 5.02 Å². The highest BCUT2D eigenvalue weighted by atomic mass is 35.5. The van der Waals surface area contributed by atoms with E-state index in [0.717, 1.165) is 18.8 Å². The summed E-state index contributed by atoms with van der Waals surface area (Å²) < 4.78 is 7.40. The van der Waals surface area contributed by atoms with E-state index in [9.17, 15) is 0 Å². The first-order chi connectivity index (χ1) is 9.26. The number of benzene rings is 1. The summed E-state index contributed by atoms with van der Waals surface area (Å²) >= 11 is 5.94. The molecule has 0 aliphatic heterocycles. The molecule has 0 saturated carbocycles. The van der Waals surface area contributed by atoms with Crippen LogP contribution in [0.15, 0.2) is 24.5 Å². The van der Waals surface area contributed by atoms with Gasteiger partial charge in [0.05, 0.1) is 5.02 Å². The molecule has 0 fully saturated rings.